The molecule has 0 aliphatic heterocycles. The van der Waals surface area contributed by atoms with Crippen LogP contribution in [0.25, 0.3) is 0 Å². The molecule has 0 aliphatic rings. The lowest BCUT2D eigenvalue weighted by Crippen LogP contribution is -2.13. The maximum absolute atomic E-state index is 11.2. The van der Waals surface area contributed by atoms with Crippen LogP contribution in [0.1, 0.15) is 70.1 Å². The van der Waals surface area contributed by atoms with E-state index in [0.717, 1.165) is 36.1 Å². The number of nitrogens with two attached hydrogens (primary N) is 1. The van der Waals surface area contributed by atoms with E-state index in [0.29, 0.717) is 22.8 Å². The van der Waals surface area contributed by atoms with E-state index in [1.165, 1.54) is 5.56 Å². The van der Waals surface area contributed by atoms with E-state index < -0.39 is 6.43 Å². The van der Waals surface area contributed by atoms with Crippen molar-refractivity contribution in [1.82, 2.24) is 0 Å². The van der Waals surface area contributed by atoms with Gasteiger partial charge in [-0.2, -0.15) is 0 Å². The molecule has 0 saturated heterocycles. The van der Waals surface area contributed by atoms with Crippen molar-refractivity contribution in [2.45, 2.75) is 86.8 Å². The van der Waals surface area contributed by atoms with E-state index in [1.54, 1.807) is 19.2 Å². The molecule has 0 bridgehead atoms. The first-order chi connectivity index (χ1) is 16.5. The average molecular weight is 510 g/mol. The second-order valence-corrected chi connectivity index (χ2v) is 8.58. The Labute approximate surface area is 218 Å². The van der Waals surface area contributed by atoms with Crippen molar-refractivity contribution in [3.63, 3.8) is 0 Å². The van der Waals surface area contributed by atoms with Gasteiger partial charge in [-0.3, -0.25) is 0 Å². The van der Waals surface area contributed by atoms with Crippen LogP contribution in [0.3, 0.4) is 0 Å². The van der Waals surface area contributed by atoms with E-state index in [1.807, 2.05) is 53.8 Å². The minimum absolute atomic E-state index is 0.0660. The highest BCUT2D eigenvalue weighted by atomic mass is 35.5. The first-order valence-electron chi connectivity index (χ1n) is 12.3. The van der Waals surface area contributed by atoms with Crippen molar-refractivity contribution in [1.29, 1.82) is 5.41 Å². The molecule has 35 heavy (non-hydrogen) atoms. The molecule has 1 unspecified atom stereocenters. The van der Waals surface area contributed by atoms with Gasteiger partial charge in [0, 0.05) is 23.4 Å². The number of unbranched alkanes of at least 4 members (excludes halogenated alkanes) is 1. The predicted molar refractivity (Wildman–Crippen MR) is 152 cm³/mol. The van der Waals surface area contributed by atoms with Crippen LogP contribution < -0.4 is 10.5 Å². The van der Waals surface area contributed by atoms with Gasteiger partial charge >= 0.3 is 0 Å². The van der Waals surface area contributed by atoms with E-state index in [9.17, 15) is 8.78 Å². The Bertz CT molecular complexity index is 794. The number of ether oxygens (including phenoxy) is 1. The Hall–Kier alpha value is -2.08. The Balaban J connectivity index is 0. The molecule has 3 nitrogen and oxygen atoms in total. The maximum atomic E-state index is 11.2. The highest BCUT2D eigenvalue weighted by Crippen LogP contribution is 2.27. The van der Waals surface area contributed by atoms with Gasteiger partial charge < -0.3 is 15.9 Å². The van der Waals surface area contributed by atoms with Crippen LogP contribution in [0.5, 0.6) is 5.75 Å². The number of nitrogen functional groups attached to an aromatic ring is 1. The number of hydrogen-bond donors (Lipinski definition) is 2. The summed E-state index contributed by atoms with van der Waals surface area (Å²) in [7, 11) is 3.68. The summed E-state index contributed by atoms with van der Waals surface area (Å²) in [5.74, 6) is 1.14. The molecule has 0 aliphatic carbocycles. The number of rotatable bonds is 8. The summed E-state index contributed by atoms with van der Waals surface area (Å²) in [4.78, 5) is 0. The first-order valence-corrected chi connectivity index (χ1v) is 12.7. The van der Waals surface area contributed by atoms with Crippen LogP contribution in [0, 0.1) is 18.3 Å². The minimum Gasteiger partial charge on any atom is -0.497 e. The predicted octanol–water partition coefficient (Wildman–Crippen LogP) is 9.13. The molecule has 2 aromatic rings. The third kappa shape index (κ3) is 15.5. The van der Waals surface area contributed by atoms with Crippen molar-refractivity contribution in [2.24, 2.45) is 5.92 Å². The fraction of sp³-hybridized carbons (Fsp3) is 0.536. The molecule has 0 aromatic heterocycles. The summed E-state index contributed by atoms with van der Waals surface area (Å²) < 4.78 is 27.5. The number of aryl methyl sites for hydroxylation is 1. The van der Waals surface area contributed by atoms with Crippen LogP contribution in [0.2, 0.25) is 18.7 Å². The molecule has 1 atom stereocenters. The lowest BCUT2D eigenvalue weighted by atomic mass is 9.88. The Morgan fingerprint density at radius 2 is 1.63 bits per heavy atom. The van der Waals surface area contributed by atoms with Crippen molar-refractivity contribution in [3.05, 3.63) is 58.1 Å². The second-order valence-electron chi connectivity index (χ2n) is 8.17. The van der Waals surface area contributed by atoms with Crippen molar-refractivity contribution >= 4 is 30.3 Å². The average Bonchev–Trinajstić information content (AvgIpc) is 2.85. The minimum atomic E-state index is -2.10. The zero-order valence-corrected chi connectivity index (χ0v) is 23.6. The van der Waals surface area contributed by atoms with Crippen LogP contribution in [-0.4, -0.2) is 26.5 Å². The van der Waals surface area contributed by atoms with Gasteiger partial charge in [-0.15, -0.1) is 0 Å². The van der Waals surface area contributed by atoms with Crippen molar-refractivity contribution in [2.75, 3.05) is 12.8 Å². The van der Waals surface area contributed by atoms with E-state index in [4.69, 9.17) is 27.5 Å². The smallest absolute Gasteiger partial charge is 0.238 e. The summed E-state index contributed by atoms with van der Waals surface area (Å²) in [6, 6.07) is 11.7. The monoisotopic (exact) mass is 509 g/mol. The molecule has 0 saturated carbocycles. The third-order valence-corrected chi connectivity index (χ3v) is 5.49. The first kappa shape index (κ1) is 35.1. The molecule has 0 spiro atoms. The number of hydrogen-bond acceptors (Lipinski definition) is 3. The Morgan fingerprint density at radius 1 is 1.09 bits per heavy atom. The van der Waals surface area contributed by atoms with Crippen LogP contribution in [-0.2, 0) is 6.42 Å². The van der Waals surface area contributed by atoms with Gasteiger partial charge in [0.2, 0.25) is 6.43 Å². The van der Waals surface area contributed by atoms with Gasteiger partial charge in [0.05, 0.1) is 12.1 Å². The van der Waals surface area contributed by atoms with Gasteiger partial charge in [-0.1, -0.05) is 71.5 Å². The quantitative estimate of drug-likeness (QED) is 0.212. The highest BCUT2D eigenvalue weighted by molar-refractivity contribution is 6.34. The number of alkyl halides is 2. The molecule has 2 rings (SSSR count). The summed E-state index contributed by atoms with van der Waals surface area (Å²) >= 11 is 6.10. The van der Waals surface area contributed by atoms with Crippen LogP contribution in [0.15, 0.2) is 36.4 Å². The maximum Gasteiger partial charge on any atom is 0.238 e. The normalized spacial score (nSPS) is 10.5. The molecule has 0 fully saturated rings. The van der Waals surface area contributed by atoms with Gasteiger partial charge in [0.15, 0.2) is 0 Å². The lowest BCUT2D eigenvalue weighted by molar-refractivity contribution is 0.134. The van der Waals surface area contributed by atoms with E-state index in [-0.39, 0.29) is 12.3 Å². The van der Waals surface area contributed by atoms with Gasteiger partial charge in [-0.05, 0) is 67.5 Å². The SMILES string of the molecule is CCC(C)C(=N)c1c(Cl)ccc(N)c1C.CCCCC(F)F.CCc1ccc(OC)cc1.C[B]C. The molecule has 0 heterocycles. The third-order valence-electron chi connectivity index (χ3n) is 5.17. The summed E-state index contributed by atoms with van der Waals surface area (Å²) in [5, 5.41) is 8.69. The van der Waals surface area contributed by atoms with E-state index in [2.05, 4.69) is 26.0 Å². The molecule has 3 N–H and O–H groups in total. The zero-order chi connectivity index (χ0) is 27.4. The fourth-order valence-corrected chi connectivity index (χ4v) is 3.00. The largest absolute Gasteiger partial charge is 0.497 e. The Morgan fingerprint density at radius 3 is 2.00 bits per heavy atom. The molecular formula is C28H45BClF2N2O. The molecule has 7 heteroatoms. The fourth-order valence-electron chi connectivity index (χ4n) is 2.70. The van der Waals surface area contributed by atoms with Crippen molar-refractivity contribution in [3.8, 4) is 5.75 Å². The number of benzene rings is 2. The number of halogens is 3. The lowest BCUT2D eigenvalue weighted by Gasteiger charge is -2.16. The Kier molecular flexibility index (Phi) is 21.3. The summed E-state index contributed by atoms with van der Waals surface area (Å²) in [6.45, 7) is 14.0. The van der Waals surface area contributed by atoms with Crippen LogP contribution >= 0.6 is 11.6 Å². The molecule has 0 amide bonds. The standard InChI is InChI=1S/C12H17ClN2.C9H12O.C5H10F2.C2H6B/c1-4-7(2)12(15)11-8(3)10(14)6-5-9(11)13;1-3-8-4-6-9(10-2)7-5-8;1-2-3-4-5(6)7;1-3-2/h5-7,15H,4,14H2,1-3H3;4-7H,3H2,1-2H3;5H,2-4H2,1H3;1-2H3. The van der Waals surface area contributed by atoms with Gasteiger partial charge in [0.25, 0.3) is 0 Å². The van der Waals surface area contributed by atoms with Gasteiger partial charge in [-0.25, -0.2) is 8.78 Å². The van der Waals surface area contributed by atoms with Crippen LogP contribution in [0.4, 0.5) is 14.5 Å². The van der Waals surface area contributed by atoms with E-state index >= 15 is 0 Å². The summed E-state index contributed by atoms with van der Waals surface area (Å²) in [6.07, 6.45) is 1.51. The molecule has 1 radical (unpaired) electrons. The number of methoxy groups -OCH3 is 1. The second kappa shape index (κ2) is 21.2. The molecule has 197 valence electrons. The number of anilines is 1. The summed E-state index contributed by atoms with van der Waals surface area (Å²) in [5.41, 5.74) is 10.1. The topological polar surface area (TPSA) is 59.1 Å². The van der Waals surface area contributed by atoms with Crippen molar-refractivity contribution < 1.29 is 13.5 Å². The highest BCUT2D eigenvalue weighted by Gasteiger charge is 2.16. The van der Waals surface area contributed by atoms with Gasteiger partial charge in [0.1, 0.15) is 13.0 Å². The number of nitrogens with one attached hydrogen (secondary N) is 1. The molecule has 2 aromatic carbocycles. The molecular weight excluding hydrogens is 465 g/mol. The zero-order valence-electron chi connectivity index (χ0n) is 22.9.